The van der Waals surface area contributed by atoms with Gasteiger partial charge in [-0.05, 0) is 43.6 Å². The largest absolute Gasteiger partial charge is 0.472 e. The minimum Gasteiger partial charge on any atom is -0.472 e. The zero-order chi connectivity index (χ0) is 9.38. The van der Waals surface area contributed by atoms with Crippen LogP contribution in [0.1, 0.15) is 31.2 Å². The highest BCUT2D eigenvalue weighted by molar-refractivity contribution is 5.06. The van der Waals surface area contributed by atoms with Crippen LogP contribution < -0.4 is 5.32 Å². The lowest BCUT2D eigenvalue weighted by Gasteiger charge is -2.16. The number of hydrogen-bond donors (Lipinski definition) is 1. The Bertz CT molecular complexity index is 273. The first-order chi connectivity index (χ1) is 6.93. The third-order valence-electron chi connectivity index (χ3n) is 3.38. The van der Waals surface area contributed by atoms with Crippen LogP contribution in [0.2, 0.25) is 0 Å². The summed E-state index contributed by atoms with van der Waals surface area (Å²) in [7, 11) is 0. The quantitative estimate of drug-likeness (QED) is 0.773. The van der Waals surface area contributed by atoms with E-state index in [-0.39, 0.29) is 0 Å². The van der Waals surface area contributed by atoms with Gasteiger partial charge in [-0.2, -0.15) is 0 Å². The summed E-state index contributed by atoms with van der Waals surface area (Å²) in [5.74, 6) is 1.96. The molecule has 0 spiro atoms. The third-order valence-corrected chi connectivity index (χ3v) is 3.38. The molecule has 2 saturated carbocycles. The van der Waals surface area contributed by atoms with Crippen molar-refractivity contribution in [2.75, 3.05) is 0 Å². The molecular weight excluding hydrogens is 174 g/mol. The van der Waals surface area contributed by atoms with Gasteiger partial charge < -0.3 is 9.73 Å². The molecule has 2 nitrogen and oxygen atoms in total. The van der Waals surface area contributed by atoms with E-state index in [1.54, 1.807) is 6.26 Å². The van der Waals surface area contributed by atoms with Crippen LogP contribution in [0, 0.1) is 11.8 Å². The SMILES string of the molecule is c1cc(CNC(C2CC2)C2CC2)co1. The Balaban J connectivity index is 1.54. The van der Waals surface area contributed by atoms with E-state index in [9.17, 15) is 0 Å². The monoisotopic (exact) mass is 191 g/mol. The van der Waals surface area contributed by atoms with Gasteiger partial charge in [0.05, 0.1) is 12.5 Å². The smallest absolute Gasteiger partial charge is 0.0947 e. The summed E-state index contributed by atoms with van der Waals surface area (Å²) in [6.45, 7) is 0.980. The molecule has 0 aliphatic heterocycles. The Morgan fingerprint density at radius 3 is 2.50 bits per heavy atom. The Hall–Kier alpha value is -0.760. The Morgan fingerprint density at radius 2 is 2.00 bits per heavy atom. The molecule has 1 aromatic heterocycles. The van der Waals surface area contributed by atoms with Crippen molar-refractivity contribution in [1.29, 1.82) is 0 Å². The fourth-order valence-corrected chi connectivity index (χ4v) is 2.26. The first kappa shape index (κ1) is 8.54. The van der Waals surface area contributed by atoms with Crippen LogP contribution in [-0.2, 0) is 6.54 Å². The zero-order valence-electron chi connectivity index (χ0n) is 8.41. The fourth-order valence-electron chi connectivity index (χ4n) is 2.26. The molecule has 0 saturated heterocycles. The molecule has 2 heteroatoms. The molecule has 0 aromatic carbocycles. The summed E-state index contributed by atoms with van der Waals surface area (Å²) >= 11 is 0. The minimum atomic E-state index is 0.796. The van der Waals surface area contributed by atoms with Gasteiger partial charge in [0.2, 0.25) is 0 Å². The van der Waals surface area contributed by atoms with E-state index in [1.165, 1.54) is 31.2 Å². The van der Waals surface area contributed by atoms with Crippen LogP contribution in [0.5, 0.6) is 0 Å². The van der Waals surface area contributed by atoms with Crippen LogP contribution in [0.4, 0.5) is 0 Å². The fraction of sp³-hybridized carbons (Fsp3) is 0.667. The molecule has 2 fully saturated rings. The highest BCUT2D eigenvalue weighted by Gasteiger charge is 2.40. The molecule has 1 heterocycles. The molecule has 0 atom stereocenters. The molecule has 1 aromatic rings. The molecule has 14 heavy (non-hydrogen) atoms. The summed E-state index contributed by atoms with van der Waals surface area (Å²) in [4.78, 5) is 0. The van der Waals surface area contributed by atoms with Crippen LogP contribution in [-0.4, -0.2) is 6.04 Å². The molecule has 2 aliphatic carbocycles. The standard InChI is InChI=1S/C12H17NO/c1-2-10(1)12(11-3-4-11)13-7-9-5-6-14-8-9/h5-6,8,10-13H,1-4,7H2. The molecule has 2 aliphatic rings. The maximum atomic E-state index is 5.06. The van der Waals surface area contributed by atoms with E-state index in [4.69, 9.17) is 4.42 Å². The molecule has 0 radical (unpaired) electrons. The van der Waals surface area contributed by atoms with Crippen molar-refractivity contribution in [3.63, 3.8) is 0 Å². The Morgan fingerprint density at radius 1 is 1.29 bits per heavy atom. The molecular formula is C12H17NO. The van der Waals surface area contributed by atoms with Gasteiger partial charge in [-0.1, -0.05) is 0 Å². The van der Waals surface area contributed by atoms with E-state index in [0.29, 0.717) is 0 Å². The summed E-state index contributed by atoms with van der Waals surface area (Å²) in [6, 6.07) is 2.84. The van der Waals surface area contributed by atoms with E-state index in [2.05, 4.69) is 5.32 Å². The van der Waals surface area contributed by atoms with Crippen molar-refractivity contribution in [3.05, 3.63) is 24.2 Å². The van der Waals surface area contributed by atoms with Gasteiger partial charge in [0.25, 0.3) is 0 Å². The molecule has 3 rings (SSSR count). The van der Waals surface area contributed by atoms with Gasteiger partial charge in [0.15, 0.2) is 0 Å². The third kappa shape index (κ3) is 1.85. The summed E-state index contributed by atoms with van der Waals surface area (Å²) in [5.41, 5.74) is 1.27. The van der Waals surface area contributed by atoms with E-state index in [1.807, 2.05) is 12.3 Å². The van der Waals surface area contributed by atoms with Gasteiger partial charge in [-0.25, -0.2) is 0 Å². The lowest BCUT2D eigenvalue weighted by atomic mass is 10.1. The van der Waals surface area contributed by atoms with Crippen molar-refractivity contribution < 1.29 is 4.42 Å². The van der Waals surface area contributed by atoms with Crippen LogP contribution >= 0.6 is 0 Å². The maximum Gasteiger partial charge on any atom is 0.0947 e. The van der Waals surface area contributed by atoms with E-state index < -0.39 is 0 Å². The predicted octanol–water partition coefficient (Wildman–Crippen LogP) is 2.56. The van der Waals surface area contributed by atoms with E-state index >= 15 is 0 Å². The summed E-state index contributed by atoms with van der Waals surface area (Å²) in [6.07, 6.45) is 9.36. The number of furan rings is 1. The number of hydrogen-bond acceptors (Lipinski definition) is 2. The van der Waals surface area contributed by atoms with Gasteiger partial charge in [0, 0.05) is 18.2 Å². The predicted molar refractivity (Wildman–Crippen MR) is 54.8 cm³/mol. The Kier molecular flexibility index (Phi) is 2.09. The van der Waals surface area contributed by atoms with Crippen molar-refractivity contribution >= 4 is 0 Å². The number of rotatable bonds is 5. The molecule has 76 valence electrons. The highest BCUT2D eigenvalue weighted by Crippen LogP contribution is 2.44. The maximum absolute atomic E-state index is 5.06. The summed E-state index contributed by atoms with van der Waals surface area (Å²) in [5, 5.41) is 3.69. The number of nitrogens with one attached hydrogen (secondary N) is 1. The molecule has 0 amide bonds. The molecule has 1 N–H and O–H groups in total. The van der Waals surface area contributed by atoms with Gasteiger partial charge in [0.1, 0.15) is 0 Å². The Labute approximate surface area is 84.7 Å². The van der Waals surface area contributed by atoms with Crippen LogP contribution in [0.3, 0.4) is 0 Å². The van der Waals surface area contributed by atoms with Gasteiger partial charge >= 0.3 is 0 Å². The molecule has 0 bridgehead atoms. The highest BCUT2D eigenvalue weighted by atomic mass is 16.3. The first-order valence-corrected chi connectivity index (χ1v) is 5.68. The van der Waals surface area contributed by atoms with Crippen molar-refractivity contribution in [2.45, 2.75) is 38.3 Å². The summed E-state index contributed by atoms with van der Waals surface area (Å²) < 4.78 is 5.06. The first-order valence-electron chi connectivity index (χ1n) is 5.68. The lowest BCUT2D eigenvalue weighted by Crippen LogP contribution is -2.32. The van der Waals surface area contributed by atoms with Gasteiger partial charge in [-0.15, -0.1) is 0 Å². The van der Waals surface area contributed by atoms with Crippen molar-refractivity contribution in [1.82, 2.24) is 5.32 Å². The lowest BCUT2D eigenvalue weighted by molar-refractivity contribution is 0.414. The second-order valence-corrected chi connectivity index (χ2v) is 4.71. The van der Waals surface area contributed by atoms with Crippen LogP contribution in [0.25, 0.3) is 0 Å². The minimum absolute atomic E-state index is 0.796. The molecule has 0 unspecified atom stereocenters. The van der Waals surface area contributed by atoms with E-state index in [0.717, 1.165) is 24.4 Å². The topological polar surface area (TPSA) is 25.2 Å². The second kappa shape index (κ2) is 3.43. The normalized spacial score (nSPS) is 21.8. The van der Waals surface area contributed by atoms with Crippen LogP contribution in [0.15, 0.2) is 23.0 Å². The second-order valence-electron chi connectivity index (χ2n) is 4.71. The average molecular weight is 191 g/mol. The van der Waals surface area contributed by atoms with Crippen molar-refractivity contribution in [2.24, 2.45) is 11.8 Å². The van der Waals surface area contributed by atoms with Crippen molar-refractivity contribution in [3.8, 4) is 0 Å². The average Bonchev–Trinajstić information content (AvgIpc) is 3.09. The van der Waals surface area contributed by atoms with Gasteiger partial charge in [-0.3, -0.25) is 0 Å². The zero-order valence-corrected chi connectivity index (χ0v) is 8.41.